The number of nitrogens with zero attached hydrogens (tertiary/aromatic N) is 4. The van der Waals surface area contributed by atoms with Crippen molar-refractivity contribution < 1.29 is 14.4 Å². The van der Waals surface area contributed by atoms with Crippen LogP contribution in [0.1, 0.15) is 30.4 Å². The topological polar surface area (TPSA) is 65.2 Å². The van der Waals surface area contributed by atoms with Gasteiger partial charge in [-0.2, -0.15) is 0 Å². The second kappa shape index (κ2) is 13.2. The minimum absolute atomic E-state index is 0.453. The van der Waals surface area contributed by atoms with Crippen LogP contribution in [0.25, 0.3) is 11.3 Å². The standard InChI is InChI=1S/C30H40N4O3/c35-27(22-25-10-4-1-5-11-25)23-33(17-16-32-18-20-36-21-19-32)24-28-29(26-12-6-2-7-13-26)31-37-30(28)34-14-8-3-9-15-34/h1-2,4-7,10-13,27,35H,3,8-9,14-24H2. The Labute approximate surface area is 220 Å². The highest BCUT2D eigenvalue weighted by atomic mass is 16.5. The third-order valence-electron chi connectivity index (χ3n) is 7.46. The van der Waals surface area contributed by atoms with Crippen molar-refractivity contribution in [2.24, 2.45) is 0 Å². The molecule has 0 aliphatic carbocycles. The lowest BCUT2D eigenvalue weighted by Crippen LogP contribution is -2.43. The molecule has 0 amide bonds. The number of hydrogen-bond donors (Lipinski definition) is 1. The van der Waals surface area contributed by atoms with Gasteiger partial charge in [0.15, 0.2) is 0 Å². The fourth-order valence-electron chi connectivity index (χ4n) is 5.43. The zero-order valence-electron chi connectivity index (χ0n) is 21.8. The number of aliphatic hydroxyl groups is 1. The predicted molar refractivity (Wildman–Crippen MR) is 147 cm³/mol. The number of ether oxygens (including phenoxy) is 1. The molecular weight excluding hydrogens is 464 g/mol. The maximum Gasteiger partial charge on any atom is 0.232 e. The molecule has 3 heterocycles. The van der Waals surface area contributed by atoms with Crippen molar-refractivity contribution in [1.29, 1.82) is 0 Å². The molecule has 1 N–H and O–H groups in total. The molecule has 37 heavy (non-hydrogen) atoms. The van der Waals surface area contributed by atoms with Gasteiger partial charge >= 0.3 is 0 Å². The van der Waals surface area contributed by atoms with Crippen molar-refractivity contribution in [3.05, 3.63) is 71.8 Å². The number of aromatic nitrogens is 1. The molecule has 2 saturated heterocycles. The van der Waals surface area contributed by atoms with E-state index in [0.29, 0.717) is 19.5 Å². The summed E-state index contributed by atoms with van der Waals surface area (Å²) in [6, 6.07) is 20.6. The molecule has 0 radical (unpaired) electrons. The number of rotatable bonds is 11. The summed E-state index contributed by atoms with van der Waals surface area (Å²) in [5, 5.41) is 15.7. The number of aliphatic hydroxyl groups excluding tert-OH is 1. The molecule has 1 aromatic heterocycles. The van der Waals surface area contributed by atoms with Crippen molar-refractivity contribution >= 4 is 5.88 Å². The molecule has 2 fully saturated rings. The second-order valence-corrected chi connectivity index (χ2v) is 10.3. The minimum Gasteiger partial charge on any atom is -0.391 e. The monoisotopic (exact) mass is 504 g/mol. The van der Waals surface area contributed by atoms with Crippen LogP contribution in [0.4, 0.5) is 5.88 Å². The first-order chi connectivity index (χ1) is 18.3. The van der Waals surface area contributed by atoms with Crippen molar-refractivity contribution in [2.45, 2.75) is 38.3 Å². The molecule has 2 aliphatic heterocycles. The summed E-state index contributed by atoms with van der Waals surface area (Å²) in [6.45, 7) is 8.61. The van der Waals surface area contributed by atoms with E-state index in [0.717, 1.165) is 80.8 Å². The molecule has 2 aromatic carbocycles. The van der Waals surface area contributed by atoms with Crippen LogP contribution in [-0.4, -0.2) is 85.2 Å². The Hall–Kier alpha value is -2.71. The molecule has 198 valence electrons. The van der Waals surface area contributed by atoms with Gasteiger partial charge in [0.2, 0.25) is 5.88 Å². The Bertz CT molecular complexity index is 1060. The van der Waals surface area contributed by atoms with Crippen LogP contribution in [-0.2, 0) is 17.7 Å². The van der Waals surface area contributed by atoms with Gasteiger partial charge in [-0.15, -0.1) is 0 Å². The van der Waals surface area contributed by atoms with Crippen molar-refractivity contribution in [3.8, 4) is 11.3 Å². The summed E-state index contributed by atoms with van der Waals surface area (Å²) < 4.78 is 11.6. The molecule has 1 atom stereocenters. The van der Waals surface area contributed by atoms with E-state index in [9.17, 15) is 5.11 Å². The number of benzene rings is 2. The lowest BCUT2D eigenvalue weighted by atomic mass is 10.0. The fraction of sp³-hybridized carbons (Fsp3) is 0.500. The van der Waals surface area contributed by atoms with E-state index in [2.05, 4.69) is 44.1 Å². The van der Waals surface area contributed by atoms with Gasteiger partial charge < -0.3 is 19.3 Å². The average molecular weight is 505 g/mol. The number of morpholine rings is 1. The molecule has 3 aromatic rings. The van der Waals surface area contributed by atoms with E-state index in [1.807, 2.05) is 36.4 Å². The van der Waals surface area contributed by atoms with E-state index < -0.39 is 6.10 Å². The summed E-state index contributed by atoms with van der Waals surface area (Å²) >= 11 is 0. The molecule has 0 saturated carbocycles. The zero-order chi connectivity index (χ0) is 25.3. The van der Waals surface area contributed by atoms with E-state index in [1.54, 1.807) is 0 Å². The van der Waals surface area contributed by atoms with Gasteiger partial charge in [0.25, 0.3) is 0 Å². The minimum atomic E-state index is -0.453. The Kier molecular flexibility index (Phi) is 9.24. The average Bonchev–Trinajstić information content (AvgIpc) is 3.37. The molecule has 0 bridgehead atoms. The Morgan fingerprint density at radius 2 is 1.59 bits per heavy atom. The van der Waals surface area contributed by atoms with E-state index >= 15 is 0 Å². The highest BCUT2D eigenvalue weighted by Gasteiger charge is 2.26. The van der Waals surface area contributed by atoms with Gasteiger partial charge in [0.05, 0.1) is 24.9 Å². The first-order valence-corrected chi connectivity index (χ1v) is 13.8. The van der Waals surface area contributed by atoms with Gasteiger partial charge in [-0.05, 0) is 31.2 Å². The number of hydrogen-bond acceptors (Lipinski definition) is 7. The number of anilines is 1. The lowest BCUT2D eigenvalue weighted by molar-refractivity contribution is 0.0292. The maximum atomic E-state index is 11.1. The van der Waals surface area contributed by atoms with E-state index in [4.69, 9.17) is 9.26 Å². The van der Waals surface area contributed by atoms with Crippen LogP contribution in [0.5, 0.6) is 0 Å². The van der Waals surface area contributed by atoms with Crippen molar-refractivity contribution in [2.75, 3.05) is 63.9 Å². The summed E-state index contributed by atoms with van der Waals surface area (Å²) in [5.41, 5.74) is 4.27. The molecule has 2 aliphatic rings. The Balaban J connectivity index is 1.38. The highest BCUT2D eigenvalue weighted by Crippen LogP contribution is 2.34. The van der Waals surface area contributed by atoms with E-state index in [-0.39, 0.29) is 0 Å². The first-order valence-electron chi connectivity index (χ1n) is 13.8. The maximum absolute atomic E-state index is 11.1. The zero-order valence-corrected chi connectivity index (χ0v) is 21.8. The third-order valence-corrected chi connectivity index (χ3v) is 7.46. The van der Waals surface area contributed by atoms with Gasteiger partial charge in [-0.1, -0.05) is 65.8 Å². The molecule has 5 rings (SSSR count). The highest BCUT2D eigenvalue weighted by molar-refractivity contribution is 5.68. The van der Waals surface area contributed by atoms with Gasteiger partial charge in [0, 0.05) is 57.9 Å². The Morgan fingerprint density at radius 1 is 0.892 bits per heavy atom. The molecular formula is C30H40N4O3. The number of piperidine rings is 1. The SMILES string of the molecule is OC(Cc1ccccc1)CN(CCN1CCOCC1)Cc1c(-c2ccccc2)noc1N1CCCCC1. The van der Waals surface area contributed by atoms with Gasteiger partial charge in [-0.3, -0.25) is 9.80 Å². The second-order valence-electron chi connectivity index (χ2n) is 10.3. The van der Waals surface area contributed by atoms with Gasteiger partial charge in [0.1, 0.15) is 5.69 Å². The van der Waals surface area contributed by atoms with Crippen molar-refractivity contribution in [3.63, 3.8) is 0 Å². The third kappa shape index (κ3) is 7.20. The van der Waals surface area contributed by atoms with Crippen LogP contribution < -0.4 is 4.90 Å². The molecule has 7 nitrogen and oxygen atoms in total. The first kappa shape index (κ1) is 25.9. The lowest BCUT2D eigenvalue weighted by Gasteiger charge is -2.32. The predicted octanol–water partition coefficient (Wildman–Crippen LogP) is 4.07. The summed E-state index contributed by atoms with van der Waals surface area (Å²) in [5.74, 6) is 0.896. The summed E-state index contributed by atoms with van der Waals surface area (Å²) in [6.07, 6.45) is 3.81. The summed E-state index contributed by atoms with van der Waals surface area (Å²) in [7, 11) is 0. The largest absolute Gasteiger partial charge is 0.391 e. The van der Waals surface area contributed by atoms with Crippen LogP contribution in [0, 0.1) is 0 Å². The van der Waals surface area contributed by atoms with Crippen LogP contribution >= 0.6 is 0 Å². The van der Waals surface area contributed by atoms with E-state index in [1.165, 1.54) is 19.3 Å². The molecule has 1 unspecified atom stereocenters. The fourth-order valence-corrected chi connectivity index (χ4v) is 5.43. The normalized spacial score (nSPS) is 17.8. The van der Waals surface area contributed by atoms with Gasteiger partial charge in [-0.25, -0.2) is 0 Å². The summed E-state index contributed by atoms with van der Waals surface area (Å²) in [4.78, 5) is 7.20. The molecule has 7 heteroatoms. The van der Waals surface area contributed by atoms with Crippen LogP contribution in [0.3, 0.4) is 0 Å². The quantitative estimate of drug-likeness (QED) is 0.422. The Morgan fingerprint density at radius 3 is 2.32 bits per heavy atom. The van der Waals surface area contributed by atoms with Crippen molar-refractivity contribution in [1.82, 2.24) is 15.0 Å². The van der Waals surface area contributed by atoms with Crippen LogP contribution in [0.2, 0.25) is 0 Å². The molecule has 0 spiro atoms. The van der Waals surface area contributed by atoms with Crippen LogP contribution in [0.15, 0.2) is 65.2 Å². The smallest absolute Gasteiger partial charge is 0.232 e.